The molecule has 0 radical (unpaired) electrons. The molecule has 42 heavy (non-hydrogen) atoms. The fraction of sp³-hybridized carbons (Fsp3) is 0.167. The molecule has 7 nitrogen and oxygen atoms in total. The van der Waals surface area contributed by atoms with Crippen LogP contribution in [0.4, 0.5) is 13.2 Å². The van der Waals surface area contributed by atoms with Crippen LogP contribution in [0, 0.1) is 6.92 Å². The van der Waals surface area contributed by atoms with Crippen molar-refractivity contribution >= 4 is 33.7 Å². The average molecular weight is 615 g/mol. The van der Waals surface area contributed by atoms with Crippen LogP contribution in [0.2, 0.25) is 5.02 Å². The first-order valence-corrected chi connectivity index (χ1v) is 13.9. The highest BCUT2D eigenvalue weighted by molar-refractivity contribution is 7.19. The Bertz CT molecular complexity index is 1800. The van der Waals surface area contributed by atoms with Gasteiger partial charge in [0.1, 0.15) is 9.71 Å². The minimum atomic E-state index is -4.26. The molecular weight excluding hydrogens is 589 g/mol. The van der Waals surface area contributed by atoms with Gasteiger partial charge in [-0.3, -0.25) is 18.6 Å². The number of fused-ring (bicyclic) bond motifs is 1. The summed E-state index contributed by atoms with van der Waals surface area (Å²) in [5.41, 5.74) is 6.68. The minimum absolute atomic E-state index is 0.177. The standard InChI is InChI=1S/C22H18ClN3O3S.C8H8F3N/c1-14-20(28)25(12-16-5-3-2-4-6-16)22(29)26-13-18(30-21(14)26)19(27)24-11-15-7-9-17(23)10-8-15;9-8(10,11)7-3-1-6(5-12)2-4-7/h2-10,13H,11-12H2,1H3,(H,24,27);1-4H,5,12H2. The van der Waals surface area contributed by atoms with Gasteiger partial charge in [-0.2, -0.15) is 13.2 Å². The number of hydrogen-bond acceptors (Lipinski definition) is 5. The van der Waals surface area contributed by atoms with Gasteiger partial charge in [-0.25, -0.2) is 4.79 Å². The van der Waals surface area contributed by atoms with Crippen LogP contribution in [0.1, 0.15) is 37.5 Å². The molecule has 0 bridgehead atoms. The molecule has 0 unspecified atom stereocenters. The molecule has 0 spiro atoms. The van der Waals surface area contributed by atoms with Gasteiger partial charge in [-0.05, 0) is 47.9 Å². The molecular formula is C30H26ClF3N4O3S. The Kier molecular flexibility index (Phi) is 9.66. The molecule has 2 aromatic heterocycles. The van der Waals surface area contributed by atoms with Gasteiger partial charge >= 0.3 is 11.9 Å². The average Bonchev–Trinajstić information content (AvgIpc) is 3.44. The predicted octanol–water partition coefficient (Wildman–Crippen LogP) is 5.63. The zero-order chi connectivity index (χ0) is 30.4. The van der Waals surface area contributed by atoms with Gasteiger partial charge in [0.05, 0.1) is 12.1 Å². The SMILES string of the molecule is Cc1c(=O)n(Cc2ccccc2)c(=O)n2cc(C(=O)NCc3ccc(Cl)cc3)sc12.NCc1ccc(C(F)(F)F)cc1. The van der Waals surface area contributed by atoms with E-state index in [1.807, 2.05) is 42.5 Å². The van der Waals surface area contributed by atoms with E-state index in [9.17, 15) is 27.6 Å². The minimum Gasteiger partial charge on any atom is -0.347 e. The van der Waals surface area contributed by atoms with Crippen LogP contribution in [-0.4, -0.2) is 14.9 Å². The number of alkyl halides is 3. The zero-order valence-corrected chi connectivity index (χ0v) is 23.9. The highest BCUT2D eigenvalue weighted by Crippen LogP contribution is 2.29. The van der Waals surface area contributed by atoms with Gasteiger partial charge in [-0.1, -0.05) is 66.2 Å². The number of aromatic nitrogens is 2. The first kappa shape index (κ1) is 30.8. The first-order chi connectivity index (χ1) is 20.0. The molecule has 1 amide bonds. The molecule has 0 aliphatic rings. The summed E-state index contributed by atoms with van der Waals surface area (Å²) in [5, 5.41) is 3.46. The lowest BCUT2D eigenvalue weighted by Gasteiger charge is -2.07. The van der Waals surface area contributed by atoms with Crippen molar-refractivity contribution in [2.45, 2.75) is 32.7 Å². The zero-order valence-electron chi connectivity index (χ0n) is 22.3. The van der Waals surface area contributed by atoms with E-state index in [1.165, 1.54) is 27.3 Å². The van der Waals surface area contributed by atoms with Gasteiger partial charge in [-0.15, -0.1) is 11.3 Å². The van der Waals surface area contributed by atoms with Crippen molar-refractivity contribution in [3.8, 4) is 0 Å². The molecule has 0 fully saturated rings. The van der Waals surface area contributed by atoms with Crippen molar-refractivity contribution in [1.82, 2.24) is 14.3 Å². The fourth-order valence-electron chi connectivity index (χ4n) is 3.98. The molecule has 3 aromatic carbocycles. The fourth-order valence-corrected chi connectivity index (χ4v) is 5.10. The number of thiazole rings is 1. The van der Waals surface area contributed by atoms with E-state index in [-0.39, 0.29) is 24.6 Å². The highest BCUT2D eigenvalue weighted by atomic mass is 35.5. The highest BCUT2D eigenvalue weighted by Gasteiger charge is 2.29. The lowest BCUT2D eigenvalue weighted by atomic mass is 10.1. The number of carbonyl (C=O) groups excluding carboxylic acids is 1. The molecule has 12 heteroatoms. The molecule has 5 aromatic rings. The summed E-state index contributed by atoms with van der Waals surface area (Å²) in [6, 6.07) is 21.3. The quantitative estimate of drug-likeness (QED) is 0.259. The number of rotatable bonds is 6. The number of carbonyl (C=O) groups is 1. The molecule has 0 aliphatic heterocycles. The summed E-state index contributed by atoms with van der Waals surface area (Å²) in [6.07, 6.45) is -2.76. The van der Waals surface area contributed by atoms with E-state index in [1.54, 1.807) is 19.1 Å². The number of hydrogen-bond donors (Lipinski definition) is 2. The molecule has 0 saturated heterocycles. The lowest BCUT2D eigenvalue weighted by molar-refractivity contribution is -0.137. The maximum absolute atomic E-state index is 12.9. The second kappa shape index (κ2) is 13.2. The number of benzene rings is 3. The third-order valence-electron chi connectivity index (χ3n) is 6.29. The maximum Gasteiger partial charge on any atom is 0.416 e. The van der Waals surface area contributed by atoms with Crippen LogP contribution in [0.3, 0.4) is 0 Å². The summed E-state index contributed by atoms with van der Waals surface area (Å²) in [5.74, 6) is -0.306. The van der Waals surface area contributed by atoms with E-state index >= 15 is 0 Å². The van der Waals surface area contributed by atoms with Crippen LogP contribution in [0.5, 0.6) is 0 Å². The van der Waals surface area contributed by atoms with Crippen LogP contribution >= 0.6 is 22.9 Å². The Morgan fingerprint density at radius 3 is 2.14 bits per heavy atom. The molecule has 0 atom stereocenters. The summed E-state index contributed by atoms with van der Waals surface area (Å²) >= 11 is 7.01. The van der Waals surface area contributed by atoms with E-state index in [2.05, 4.69) is 5.32 Å². The Labute approximate surface area is 247 Å². The Morgan fingerprint density at radius 1 is 0.929 bits per heavy atom. The topological polar surface area (TPSA) is 98.6 Å². The van der Waals surface area contributed by atoms with Crippen molar-refractivity contribution < 1.29 is 18.0 Å². The number of nitrogens with one attached hydrogen (secondary N) is 1. The van der Waals surface area contributed by atoms with Crippen molar-refractivity contribution in [2.24, 2.45) is 5.73 Å². The van der Waals surface area contributed by atoms with Gasteiger partial charge < -0.3 is 11.1 Å². The number of nitrogens with zero attached hydrogens (tertiary/aromatic N) is 2. The molecule has 2 heterocycles. The Balaban J connectivity index is 0.000000283. The second-order valence-electron chi connectivity index (χ2n) is 9.26. The molecule has 5 rings (SSSR count). The monoisotopic (exact) mass is 614 g/mol. The lowest BCUT2D eigenvalue weighted by Crippen LogP contribution is -2.38. The Morgan fingerprint density at radius 2 is 1.55 bits per heavy atom. The third-order valence-corrected chi connectivity index (χ3v) is 7.75. The largest absolute Gasteiger partial charge is 0.416 e. The molecule has 0 aliphatic carbocycles. The first-order valence-electron chi connectivity index (χ1n) is 12.7. The number of halogens is 4. The van der Waals surface area contributed by atoms with E-state index in [4.69, 9.17) is 17.3 Å². The van der Waals surface area contributed by atoms with Crippen molar-refractivity contribution in [3.63, 3.8) is 0 Å². The van der Waals surface area contributed by atoms with Crippen LogP contribution in [0.15, 0.2) is 94.6 Å². The van der Waals surface area contributed by atoms with Gasteiger partial charge in [0.25, 0.3) is 11.5 Å². The van der Waals surface area contributed by atoms with Crippen LogP contribution in [-0.2, 0) is 25.8 Å². The van der Waals surface area contributed by atoms with Gasteiger partial charge in [0.15, 0.2) is 0 Å². The number of aryl methyl sites for hydroxylation is 1. The van der Waals surface area contributed by atoms with Crippen molar-refractivity contribution in [3.05, 3.63) is 144 Å². The summed E-state index contributed by atoms with van der Waals surface area (Å²) in [6.45, 7) is 2.44. The number of nitrogens with two attached hydrogens (primary N) is 1. The number of amides is 1. The predicted molar refractivity (Wildman–Crippen MR) is 158 cm³/mol. The molecule has 0 saturated carbocycles. The summed E-state index contributed by atoms with van der Waals surface area (Å²) < 4.78 is 38.5. The molecule has 3 N–H and O–H groups in total. The second-order valence-corrected chi connectivity index (χ2v) is 10.7. The summed E-state index contributed by atoms with van der Waals surface area (Å²) in [4.78, 5) is 39.2. The van der Waals surface area contributed by atoms with Gasteiger partial charge in [0.2, 0.25) is 0 Å². The smallest absolute Gasteiger partial charge is 0.347 e. The maximum atomic E-state index is 12.9. The van der Waals surface area contributed by atoms with Crippen molar-refractivity contribution in [1.29, 1.82) is 0 Å². The normalized spacial score (nSPS) is 11.2. The van der Waals surface area contributed by atoms with Crippen LogP contribution < -0.4 is 22.3 Å². The third kappa shape index (κ3) is 7.35. The van der Waals surface area contributed by atoms with E-state index < -0.39 is 17.4 Å². The Hall–Kier alpha value is -4.19. The van der Waals surface area contributed by atoms with Gasteiger partial charge in [0, 0.05) is 29.9 Å². The summed E-state index contributed by atoms with van der Waals surface area (Å²) in [7, 11) is 0. The van der Waals surface area contributed by atoms with E-state index in [0.717, 1.165) is 34.6 Å². The van der Waals surface area contributed by atoms with Crippen molar-refractivity contribution in [2.75, 3.05) is 0 Å². The van der Waals surface area contributed by atoms with E-state index in [0.29, 0.717) is 32.4 Å². The van der Waals surface area contributed by atoms with Crippen LogP contribution in [0.25, 0.3) is 4.83 Å². The molecule has 218 valence electrons.